The van der Waals surface area contributed by atoms with Gasteiger partial charge in [0.05, 0.1) is 0 Å². The van der Waals surface area contributed by atoms with Crippen LogP contribution < -0.4 is 5.73 Å². The zero-order valence-electron chi connectivity index (χ0n) is 10.9. The summed E-state index contributed by atoms with van der Waals surface area (Å²) < 4.78 is 0. The molecule has 0 saturated carbocycles. The van der Waals surface area contributed by atoms with Crippen LogP contribution in [0, 0.1) is 0 Å². The Bertz CT molecular complexity index is 220. The maximum atomic E-state index is 10.3. The van der Waals surface area contributed by atoms with Crippen LogP contribution in [0.15, 0.2) is 37.0 Å². The van der Waals surface area contributed by atoms with Crippen LogP contribution in [0.2, 0.25) is 0 Å². The Hall–Kier alpha value is -1.35. The van der Waals surface area contributed by atoms with Crippen molar-refractivity contribution in [1.29, 1.82) is 0 Å². The van der Waals surface area contributed by atoms with Crippen molar-refractivity contribution in [2.24, 2.45) is 5.73 Å². The number of carboxylic acid groups (broad SMARTS) is 1. The lowest BCUT2D eigenvalue weighted by Crippen LogP contribution is -2.30. The number of allylic oxidation sites excluding steroid dienone is 3. The maximum Gasteiger partial charge on any atom is 0.320 e. The summed E-state index contributed by atoms with van der Waals surface area (Å²) in [6, 6.07) is -0.866. The van der Waals surface area contributed by atoms with Gasteiger partial charge in [-0.25, -0.2) is 0 Å². The molecule has 1 atom stereocenters. The summed E-state index contributed by atoms with van der Waals surface area (Å²) in [5.41, 5.74) is 6.08. The molecular formula is C13H25NO2. The van der Waals surface area contributed by atoms with Gasteiger partial charge in [0.1, 0.15) is 6.04 Å². The van der Waals surface area contributed by atoms with Crippen LogP contribution in [-0.2, 0) is 4.79 Å². The van der Waals surface area contributed by atoms with Gasteiger partial charge in [-0.1, -0.05) is 59.1 Å². The number of nitrogens with two attached hydrogens (primary N) is 1. The summed E-state index contributed by atoms with van der Waals surface area (Å²) in [6.07, 6.45) is 5.12. The zero-order valence-corrected chi connectivity index (χ0v) is 10.9. The molecule has 1 unspecified atom stereocenters. The van der Waals surface area contributed by atoms with E-state index in [2.05, 4.69) is 13.2 Å². The van der Waals surface area contributed by atoms with Crippen LogP contribution >= 0.6 is 0 Å². The molecule has 16 heavy (non-hydrogen) atoms. The lowest BCUT2D eigenvalue weighted by Gasteiger charge is -2.05. The van der Waals surface area contributed by atoms with E-state index in [0.29, 0.717) is 0 Å². The van der Waals surface area contributed by atoms with Crippen molar-refractivity contribution in [3.63, 3.8) is 0 Å². The van der Waals surface area contributed by atoms with Crippen molar-refractivity contribution in [2.75, 3.05) is 0 Å². The Morgan fingerprint density at radius 2 is 1.75 bits per heavy atom. The highest BCUT2D eigenvalue weighted by Gasteiger charge is 2.11. The summed E-state index contributed by atoms with van der Waals surface area (Å²) in [5, 5.41) is 8.48. The molecule has 0 aliphatic heterocycles. The fourth-order valence-corrected chi connectivity index (χ4v) is 0.712. The highest BCUT2D eigenvalue weighted by atomic mass is 16.4. The summed E-state index contributed by atoms with van der Waals surface area (Å²) in [5.74, 6) is -1.01. The number of aliphatic carboxylic acids is 1. The fourth-order valence-electron chi connectivity index (χ4n) is 0.712. The molecule has 0 fully saturated rings. The molecule has 0 rings (SSSR count). The molecule has 3 N–H and O–H groups in total. The first kappa shape index (κ1) is 20.1. The SMILES string of the molecule is C=C/C=C(\C=C)CC(N)C(=O)O.CC.CC. The van der Waals surface area contributed by atoms with Crippen molar-refractivity contribution in [1.82, 2.24) is 0 Å². The first-order valence-electron chi connectivity index (χ1n) is 5.54. The third-order valence-corrected chi connectivity index (χ3v) is 1.37. The van der Waals surface area contributed by atoms with E-state index >= 15 is 0 Å². The molecule has 0 heterocycles. The second-order valence-electron chi connectivity index (χ2n) is 2.33. The standard InChI is InChI=1S/C9H13NO2.2C2H6/c1-3-5-7(4-2)6-8(10)9(11)12;2*1-2/h3-5,8H,1-2,6,10H2,(H,11,12);2*1-2H3/b7-5+;;. The number of carbonyl (C=O) groups is 1. The molecule has 0 aromatic carbocycles. The van der Waals surface area contributed by atoms with Gasteiger partial charge in [0.15, 0.2) is 0 Å². The third-order valence-electron chi connectivity index (χ3n) is 1.37. The van der Waals surface area contributed by atoms with Crippen LogP contribution in [0.4, 0.5) is 0 Å². The van der Waals surface area contributed by atoms with Crippen molar-refractivity contribution < 1.29 is 9.90 Å². The Morgan fingerprint density at radius 3 is 2.00 bits per heavy atom. The van der Waals surface area contributed by atoms with Crippen LogP contribution in [0.25, 0.3) is 0 Å². The topological polar surface area (TPSA) is 63.3 Å². The van der Waals surface area contributed by atoms with Crippen molar-refractivity contribution in [3.8, 4) is 0 Å². The van der Waals surface area contributed by atoms with E-state index in [1.54, 1.807) is 18.2 Å². The molecule has 0 saturated heterocycles. The molecule has 94 valence electrons. The molecule has 3 heteroatoms. The van der Waals surface area contributed by atoms with Gasteiger partial charge in [-0.15, -0.1) is 0 Å². The third kappa shape index (κ3) is 12.7. The predicted molar refractivity (Wildman–Crippen MR) is 71.4 cm³/mol. The minimum Gasteiger partial charge on any atom is -0.480 e. The van der Waals surface area contributed by atoms with E-state index in [9.17, 15) is 4.79 Å². The van der Waals surface area contributed by atoms with E-state index in [0.717, 1.165) is 5.57 Å². The molecule has 0 aliphatic rings. The Morgan fingerprint density at radius 1 is 1.31 bits per heavy atom. The number of rotatable bonds is 5. The first-order valence-corrected chi connectivity index (χ1v) is 5.54. The Balaban J connectivity index is -0.000000376. The normalized spacial score (nSPS) is 10.9. The van der Waals surface area contributed by atoms with E-state index in [4.69, 9.17) is 10.8 Å². The van der Waals surface area contributed by atoms with Crippen LogP contribution in [-0.4, -0.2) is 17.1 Å². The van der Waals surface area contributed by atoms with Gasteiger partial charge in [0, 0.05) is 0 Å². The monoisotopic (exact) mass is 227 g/mol. The van der Waals surface area contributed by atoms with Gasteiger partial charge in [-0.05, 0) is 12.0 Å². The van der Waals surface area contributed by atoms with Gasteiger partial charge in [0.25, 0.3) is 0 Å². The first-order chi connectivity index (χ1) is 7.61. The van der Waals surface area contributed by atoms with Crippen molar-refractivity contribution >= 4 is 5.97 Å². The number of hydrogen-bond acceptors (Lipinski definition) is 2. The number of hydrogen-bond donors (Lipinski definition) is 2. The van der Waals surface area contributed by atoms with E-state index in [1.165, 1.54) is 0 Å². The lowest BCUT2D eigenvalue weighted by molar-refractivity contribution is -0.138. The summed E-state index contributed by atoms with van der Waals surface area (Å²) in [6.45, 7) is 15.0. The molecule has 0 aromatic heterocycles. The molecule has 0 spiro atoms. The van der Waals surface area contributed by atoms with Gasteiger partial charge in [0.2, 0.25) is 0 Å². The maximum absolute atomic E-state index is 10.3. The molecule has 0 amide bonds. The van der Waals surface area contributed by atoms with E-state index in [-0.39, 0.29) is 6.42 Å². The second-order valence-corrected chi connectivity index (χ2v) is 2.33. The number of carboxylic acids is 1. The molecular weight excluding hydrogens is 202 g/mol. The Labute approximate surface area is 99.4 Å². The van der Waals surface area contributed by atoms with Crippen LogP contribution in [0.1, 0.15) is 34.1 Å². The Kier molecular flexibility index (Phi) is 20.2. The largest absolute Gasteiger partial charge is 0.480 e. The summed E-state index contributed by atoms with van der Waals surface area (Å²) in [4.78, 5) is 10.3. The summed E-state index contributed by atoms with van der Waals surface area (Å²) in [7, 11) is 0. The van der Waals surface area contributed by atoms with Gasteiger partial charge < -0.3 is 10.8 Å². The highest BCUT2D eigenvalue weighted by molar-refractivity contribution is 5.73. The minimum absolute atomic E-state index is 0.283. The molecule has 0 radical (unpaired) electrons. The van der Waals surface area contributed by atoms with Crippen LogP contribution in [0.3, 0.4) is 0 Å². The summed E-state index contributed by atoms with van der Waals surface area (Å²) >= 11 is 0. The molecule has 0 aromatic rings. The molecule has 3 nitrogen and oxygen atoms in total. The zero-order chi connectivity index (χ0) is 13.6. The van der Waals surface area contributed by atoms with E-state index in [1.807, 2.05) is 27.7 Å². The van der Waals surface area contributed by atoms with Crippen LogP contribution in [0.5, 0.6) is 0 Å². The fraction of sp³-hybridized carbons (Fsp3) is 0.462. The average molecular weight is 227 g/mol. The smallest absolute Gasteiger partial charge is 0.320 e. The van der Waals surface area contributed by atoms with Crippen molar-refractivity contribution in [2.45, 2.75) is 40.2 Å². The van der Waals surface area contributed by atoms with Gasteiger partial charge in [-0.3, -0.25) is 4.79 Å². The average Bonchev–Trinajstić information content (AvgIpc) is 2.33. The molecule has 0 bridgehead atoms. The second kappa shape index (κ2) is 16.1. The molecule has 0 aliphatic carbocycles. The lowest BCUT2D eigenvalue weighted by atomic mass is 10.1. The highest BCUT2D eigenvalue weighted by Crippen LogP contribution is 2.05. The van der Waals surface area contributed by atoms with Gasteiger partial charge >= 0.3 is 5.97 Å². The van der Waals surface area contributed by atoms with Gasteiger partial charge in [-0.2, -0.15) is 0 Å². The van der Waals surface area contributed by atoms with E-state index < -0.39 is 12.0 Å². The predicted octanol–water partition coefficient (Wildman–Crippen LogP) is 3.14. The minimum atomic E-state index is -1.01. The quantitative estimate of drug-likeness (QED) is 0.709. The van der Waals surface area contributed by atoms with Crippen molar-refractivity contribution in [3.05, 3.63) is 37.0 Å².